The van der Waals surface area contributed by atoms with E-state index in [1.54, 1.807) is 0 Å². The maximum Gasteiger partial charge on any atom is 0.00952 e. The first-order valence-corrected chi connectivity index (χ1v) is 9.32. The van der Waals surface area contributed by atoms with Crippen molar-refractivity contribution in [2.75, 3.05) is 6.54 Å². The molecule has 1 aliphatic rings. The van der Waals surface area contributed by atoms with Crippen LogP contribution in [0.15, 0.2) is 0 Å². The first kappa shape index (κ1) is 18.0. The van der Waals surface area contributed by atoms with Gasteiger partial charge in [0.05, 0.1) is 0 Å². The van der Waals surface area contributed by atoms with Gasteiger partial charge in [-0.2, -0.15) is 0 Å². The Hall–Kier alpha value is -0.0400. The minimum absolute atomic E-state index is 0.605. The fourth-order valence-electron chi connectivity index (χ4n) is 3.74. The molecule has 0 aromatic carbocycles. The molecule has 1 unspecified atom stereocenters. The molecular formula is C19H39N. The first-order chi connectivity index (χ1) is 9.59. The molecule has 120 valence electrons. The van der Waals surface area contributed by atoms with E-state index in [2.05, 4.69) is 33.0 Å². The van der Waals surface area contributed by atoms with Gasteiger partial charge in [0.15, 0.2) is 0 Å². The minimum atomic E-state index is 0.605. The fourth-order valence-corrected chi connectivity index (χ4v) is 3.74. The number of nitrogens with one attached hydrogen (secondary N) is 1. The van der Waals surface area contributed by atoms with Gasteiger partial charge in [-0.3, -0.25) is 0 Å². The predicted molar refractivity (Wildman–Crippen MR) is 91.2 cm³/mol. The summed E-state index contributed by atoms with van der Waals surface area (Å²) in [6.07, 6.45) is 15.7. The van der Waals surface area contributed by atoms with E-state index in [-0.39, 0.29) is 0 Å². The standard InChI is InChI=1S/C19H39N/c1-5-7-8-9-10-11-12-18(20-6-2)17-13-15-19(3,4)16-14-17/h17-18,20H,5-16H2,1-4H3. The van der Waals surface area contributed by atoms with Crippen LogP contribution in [0, 0.1) is 11.3 Å². The van der Waals surface area contributed by atoms with Crippen molar-refractivity contribution in [3.05, 3.63) is 0 Å². The average Bonchev–Trinajstić information content (AvgIpc) is 2.42. The van der Waals surface area contributed by atoms with Crippen molar-refractivity contribution >= 4 is 0 Å². The number of hydrogen-bond donors (Lipinski definition) is 1. The van der Waals surface area contributed by atoms with Crippen LogP contribution in [0.25, 0.3) is 0 Å². The van der Waals surface area contributed by atoms with Crippen molar-refractivity contribution in [1.82, 2.24) is 5.32 Å². The van der Waals surface area contributed by atoms with Crippen LogP contribution in [0.3, 0.4) is 0 Å². The van der Waals surface area contributed by atoms with E-state index in [1.807, 2.05) is 0 Å². The summed E-state index contributed by atoms with van der Waals surface area (Å²) in [6, 6.07) is 0.794. The fraction of sp³-hybridized carbons (Fsp3) is 1.00. The Balaban J connectivity index is 2.22. The van der Waals surface area contributed by atoms with Crippen LogP contribution >= 0.6 is 0 Å². The quantitative estimate of drug-likeness (QED) is 0.489. The van der Waals surface area contributed by atoms with Crippen molar-refractivity contribution in [3.63, 3.8) is 0 Å². The van der Waals surface area contributed by atoms with E-state index in [9.17, 15) is 0 Å². The maximum atomic E-state index is 3.78. The smallest absolute Gasteiger partial charge is 0.00952 e. The van der Waals surface area contributed by atoms with Gasteiger partial charge in [-0.1, -0.05) is 66.2 Å². The molecule has 0 amide bonds. The molecule has 1 atom stereocenters. The summed E-state index contributed by atoms with van der Waals surface area (Å²) in [7, 11) is 0. The monoisotopic (exact) mass is 281 g/mol. The SMILES string of the molecule is CCCCCCCCC(NCC)C1CCC(C)(C)CC1. The lowest BCUT2D eigenvalue weighted by Gasteiger charge is -2.38. The molecule has 0 heterocycles. The van der Waals surface area contributed by atoms with Crippen molar-refractivity contribution in [3.8, 4) is 0 Å². The molecule has 1 saturated carbocycles. The van der Waals surface area contributed by atoms with Crippen molar-refractivity contribution in [1.29, 1.82) is 0 Å². The molecule has 1 heteroatoms. The zero-order valence-electron chi connectivity index (χ0n) is 14.6. The third-order valence-electron chi connectivity index (χ3n) is 5.29. The van der Waals surface area contributed by atoms with Gasteiger partial charge in [0, 0.05) is 6.04 Å². The summed E-state index contributed by atoms with van der Waals surface area (Å²) in [4.78, 5) is 0. The van der Waals surface area contributed by atoms with Crippen LogP contribution in [0.1, 0.15) is 98.3 Å². The Morgan fingerprint density at radius 1 is 0.950 bits per heavy atom. The summed E-state index contributed by atoms with van der Waals surface area (Å²) >= 11 is 0. The van der Waals surface area contributed by atoms with E-state index >= 15 is 0 Å². The molecule has 0 saturated heterocycles. The Morgan fingerprint density at radius 2 is 1.55 bits per heavy atom. The van der Waals surface area contributed by atoms with Gasteiger partial charge in [-0.05, 0) is 50.0 Å². The summed E-state index contributed by atoms with van der Waals surface area (Å²) < 4.78 is 0. The Kier molecular flexibility index (Phi) is 8.84. The van der Waals surface area contributed by atoms with E-state index < -0.39 is 0 Å². The molecule has 1 rings (SSSR count). The highest BCUT2D eigenvalue weighted by molar-refractivity contribution is 4.85. The zero-order valence-corrected chi connectivity index (χ0v) is 14.6. The van der Waals surface area contributed by atoms with Crippen LogP contribution in [0.5, 0.6) is 0 Å². The zero-order chi connectivity index (χ0) is 14.8. The molecule has 1 N–H and O–H groups in total. The summed E-state index contributed by atoms with van der Waals surface area (Å²) in [5, 5.41) is 3.78. The van der Waals surface area contributed by atoms with Gasteiger partial charge in [0.1, 0.15) is 0 Å². The molecule has 0 aromatic rings. The third-order valence-corrected chi connectivity index (χ3v) is 5.29. The lowest BCUT2D eigenvalue weighted by Crippen LogP contribution is -2.39. The molecule has 0 spiro atoms. The van der Waals surface area contributed by atoms with E-state index in [0.717, 1.165) is 18.5 Å². The molecular weight excluding hydrogens is 242 g/mol. The summed E-state index contributed by atoms with van der Waals surface area (Å²) in [5.74, 6) is 0.943. The maximum absolute atomic E-state index is 3.78. The topological polar surface area (TPSA) is 12.0 Å². The largest absolute Gasteiger partial charge is 0.314 e. The second-order valence-electron chi connectivity index (χ2n) is 7.72. The lowest BCUT2D eigenvalue weighted by molar-refractivity contribution is 0.157. The minimum Gasteiger partial charge on any atom is -0.314 e. The van der Waals surface area contributed by atoms with Gasteiger partial charge in [0.25, 0.3) is 0 Å². The second kappa shape index (κ2) is 9.82. The Labute approximate surface area is 128 Å². The van der Waals surface area contributed by atoms with Crippen LogP contribution in [0.4, 0.5) is 0 Å². The van der Waals surface area contributed by atoms with Crippen molar-refractivity contribution in [2.45, 2.75) is 104 Å². The average molecular weight is 282 g/mol. The summed E-state index contributed by atoms with van der Waals surface area (Å²) in [5.41, 5.74) is 0.605. The van der Waals surface area contributed by atoms with E-state index in [0.29, 0.717) is 5.41 Å². The summed E-state index contributed by atoms with van der Waals surface area (Å²) in [6.45, 7) is 10.6. The molecule has 1 nitrogen and oxygen atoms in total. The normalized spacial score (nSPS) is 21.0. The van der Waals surface area contributed by atoms with Crippen molar-refractivity contribution < 1.29 is 0 Å². The van der Waals surface area contributed by atoms with Gasteiger partial charge >= 0.3 is 0 Å². The van der Waals surface area contributed by atoms with Crippen LogP contribution in [0.2, 0.25) is 0 Å². The van der Waals surface area contributed by atoms with Gasteiger partial charge in [0.2, 0.25) is 0 Å². The first-order valence-electron chi connectivity index (χ1n) is 9.32. The van der Waals surface area contributed by atoms with Gasteiger partial charge < -0.3 is 5.32 Å². The Morgan fingerprint density at radius 3 is 2.15 bits per heavy atom. The van der Waals surface area contributed by atoms with Crippen LogP contribution in [-0.4, -0.2) is 12.6 Å². The second-order valence-corrected chi connectivity index (χ2v) is 7.72. The molecule has 20 heavy (non-hydrogen) atoms. The molecule has 0 aliphatic heterocycles. The highest BCUT2D eigenvalue weighted by Gasteiger charge is 2.30. The number of rotatable bonds is 10. The van der Waals surface area contributed by atoms with Crippen molar-refractivity contribution in [2.24, 2.45) is 11.3 Å². The molecule has 0 bridgehead atoms. The number of unbranched alkanes of at least 4 members (excludes halogenated alkanes) is 5. The van der Waals surface area contributed by atoms with E-state index in [1.165, 1.54) is 70.6 Å². The van der Waals surface area contributed by atoms with E-state index in [4.69, 9.17) is 0 Å². The van der Waals surface area contributed by atoms with Crippen LogP contribution in [-0.2, 0) is 0 Å². The molecule has 1 fully saturated rings. The van der Waals surface area contributed by atoms with Gasteiger partial charge in [-0.25, -0.2) is 0 Å². The predicted octanol–water partition coefficient (Wildman–Crippen LogP) is 5.93. The lowest BCUT2D eigenvalue weighted by atomic mass is 9.70. The highest BCUT2D eigenvalue weighted by Crippen LogP contribution is 2.39. The highest BCUT2D eigenvalue weighted by atomic mass is 14.9. The van der Waals surface area contributed by atoms with Gasteiger partial charge in [-0.15, -0.1) is 0 Å². The number of hydrogen-bond acceptors (Lipinski definition) is 1. The molecule has 1 aliphatic carbocycles. The van der Waals surface area contributed by atoms with Crippen LogP contribution < -0.4 is 5.32 Å². The Bertz CT molecular complexity index is 224. The third kappa shape index (κ3) is 7.11. The molecule has 0 radical (unpaired) electrons. The molecule has 0 aromatic heterocycles.